The van der Waals surface area contributed by atoms with Crippen LogP contribution < -0.4 is 26.4 Å². The van der Waals surface area contributed by atoms with Crippen molar-refractivity contribution in [2.75, 3.05) is 0 Å². The highest BCUT2D eigenvalue weighted by molar-refractivity contribution is 7.20. The summed E-state index contributed by atoms with van der Waals surface area (Å²) in [7, 11) is 0. The van der Waals surface area contributed by atoms with E-state index in [-0.39, 0.29) is 0 Å². The Hall–Kier alpha value is -6.94. The molecule has 67 heavy (non-hydrogen) atoms. The molecule has 7 rings (SSSR count). The molecule has 0 spiro atoms. The molecule has 0 radical (unpaired) electrons. The summed E-state index contributed by atoms with van der Waals surface area (Å²) in [6.07, 6.45) is -1.34. The Balaban J connectivity index is 0.000000279. The number of benzene rings is 6. The van der Waals surface area contributed by atoms with Crippen LogP contribution in [0.2, 0.25) is 0 Å². The minimum Gasteiger partial charge on any atom is -0.252 e. The highest BCUT2D eigenvalue weighted by atomic mass is 19.2. The first-order valence-corrected chi connectivity index (χ1v) is 18.5. The summed E-state index contributed by atoms with van der Waals surface area (Å²) in [6, 6.07) is 15.0. The predicted molar refractivity (Wildman–Crippen MR) is 199 cm³/mol. The van der Waals surface area contributed by atoms with Gasteiger partial charge in [0.25, 0.3) is 0 Å². The molecule has 2 nitrogen and oxygen atoms in total. The zero-order valence-electron chi connectivity index (χ0n) is 33.5. The third kappa shape index (κ3) is 7.90. The maximum absolute atomic E-state index is 15.4. The van der Waals surface area contributed by atoms with Crippen molar-refractivity contribution in [2.45, 2.75) is 27.3 Å². The summed E-state index contributed by atoms with van der Waals surface area (Å²) in [6.45, 7) is 7.35. The number of hydrogen-bond acceptors (Lipinski definition) is 1. The first-order valence-electron chi connectivity index (χ1n) is 18.5. The number of rotatable bonds is 7. The molecule has 1 heterocycles. The van der Waals surface area contributed by atoms with Gasteiger partial charge in [0.1, 0.15) is 52.7 Å². The van der Waals surface area contributed by atoms with Gasteiger partial charge < -0.3 is 0 Å². The molecular weight excluding hydrogens is 947 g/mol. The molecule has 23 heteroatoms. The lowest BCUT2D eigenvalue weighted by atomic mass is 9.12. The van der Waals surface area contributed by atoms with Gasteiger partial charge in [-0.05, 0) is 31.9 Å². The van der Waals surface area contributed by atoms with Gasteiger partial charge in [-0.15, -0.1) is 21.9 Å². The smallest absolute Gasteiger partial charge is 0.231 e. The molecule has 0 fully saturated rings. The molecule has 0 aliphatic heterocycles. The first kappa shape index (κ1) is 49.5. The third-order valence-corrected chi connectivity index (χ3v) is 10.7. The Labute approximate surface area is 363 Å². The normalized spacial score (nSPS) is 11.6. The fourth-order valence-electron chi connectivity index (χ4n) is 7.97. The van der Waals surface area contributed by atoms with Crippen molar-refractivity contribution in [3.63, 3.8) is 0 Å². The minimum absolute atomic E-state index is 0.853. The van der Waals surface area contributed by atoms with E-state index >= 15 is 35.1 Å². The Bertz CT molecular complexity index is 2740. The zero-order chi connectivity index (χ0) is 49.9. The van der Waals surface area contributed by atoms with Crippen LogP contribution in [0.1, 0.15) is 22.3 Å². The Morgan fingerprint density at radius 1 is 0.403 bits per heavy atom. The van der Waals surface area contributed by atoms with Crippen LogP contribution in [0.3, 0.4) is 0 Å². The van der Waals surface area contributed by atoms with Gasteiger partial charge in [-0.2, -0.15) is 4.57 Å². The van der Waals surface area contributed by atoms with Gasteiger partial charge in [0, 0.05) is 5.56 Å². The van der Waals surface area contributed by atoms with E-state index in [1.807, 2.05) is 12.4 Å². The molecule has 350 valence electrons. The fourth-order valence-corrected chi connectivity index (χ4v) is 7.97. The molecular formula is C44H21BF20N2. The lowest BCUT2D eigenvalue weighted by Gasteiger charge is -2.44. The molecule has 7 aromatic rings. The molecule has 0 saturated heterocycles. The third-order valence-electron chi connectivity index (χ3n) is 10.7. The van der Waals surface area contributed by atoms with Gasteiger partial charge in [0.15, 0.2) is 82.5 Å². The largest absolute Gasteiger partial charge is 0.252 e. The molecule has 0 unspecified atom stereocenters. The first-order chi connectivity index (χ1) is 31.3. The van der Waals surface area contributed by atoms with Crippen LogP contribution in [0.25, 0.3) is 11.3 Å². The van der Waals surface area contributed by atoms with E-state index in [0.717, 1.165) is 6.54 Å². The van der Waals surface area contributed by atoms with E-state index in [0.29, 0.717) is 0 Å². The van der Waals surface area contributed by atoms with Gasteiger partial charge in [-0.25, -0.2) is 87.8 Å². The molecule has 0 bridgehead atoms. The van der Waals surface area contributed by atoms with Crippen LogP contribution in [-0.4, -0.2) is 11.1 Å². The van der Waals surface area contributed by atoms with E-state index in [2.05, 4.69) is 79.0 Å². The van der Waals surface area contributed by atoms with Crippen LogP contribution in [-0.2, 0) is 6.54 Å². The highest BCUT2D eigenvalue weighted by Gasteiger charge is 2.52. The van der Waals surface area contributed by atoms with Gasteiger partial charge in [0.05, 0.1) is 18.0 Å². The number of hydrogen-bond donors (Lipinski definition) is 0. The number of aromatic nitrogens is 2. The second-order valence-electron chi connectivity index (χ2n) is 14.6. The summed E-state index contributed by atoms with van der Waals surface area (Å²) in [5.41, 5.74) is -6.68. The zero-order valence-corrected chi connectivity index (χ0v) is 33.5. The van der Waals surface area contributed by atoms with E-state index in [1.54, 1.807) is 0 Å². The SMILES string of the molecule is Cc1cc(C)c(-c2cncc[n+]2Cc2ccccc2)c(C)c1.Fc1c(F)c(F)c([B-](c2c(F)c(F)c(F)c(F)c2F)(c2c(F)c(F)c(F)c(F)c2F)c2c(F)c(F)c(F)c(F)c2F)c(F)c1F. The summed E-state index contributed by atoms with van der Waals surface area (Å²) in [5, 5.41) is 0. The maximum Gasteiger partial charge on any atom is 0.231 e. The average molecular weight is 968 g/mol. The van der Waals surface area contributed by atoms with Gasteiger partial charge in [-0.3, -0.25) is 4.98 Å². The lowest BCUT2D eigenvalue weighted by Crippen LogP contribution is -2.81. The van der Waals surface area contributed by atoms with Gasteiger partial charge in [0.2, 0.25) is 5.69 Å². The maximum atomic E-state index is 15.4. The lowest BCUT2D eigenvalue weighted by molar-refractivity contribution is -0.678. The second-order valence-corrected chi connectivity index (χ2v) is 14.6. The minimum atomic E-state index is -7.22. The molecule has 0 aliphatic carbocycles. The van der Waals surface area contributed by atoms with Crippen molar-refractivity contribution < 1.29 is 92.4 Å². The standard InChI is InChI=1S/C24BF20.C20H21N2/c26-5-1(6(27)14(35)21(42)13(5)34)25(2-7(28)15(36)22(43)16(37)8(2)29,3-9(30)17(38)23(44)18(39)10(3)31)4-11(32)19(40)24(45)20(41)12(4)33;1-15-11-16(2)20(17(3)12-15)19-13-21-9-10-22(19)14-18-7-5-4-6-8-18/h;4-13H,14H2,1-3H3/q-1;+1. The summed E-state index contributed by atoms with van der Waals surface area (Å²) < 4.78 is 296. The highest BCUT2D eigenvalue weighted by Crippen LogP contribution is 2.31. The van der Waals surface area contributed by atoms with Crippen molar-refractivity contribution in [3.05, 3.63) is 200 Å². The van der Waals surface area contributed by atoms with E-state index in [1.165, 1.54) is 33.5 Å². The summed E-state index contributed by atoms with van der Waals surface area (Å²) in [4.78, 5) is 4.35. The van der Waals surface area contributed by atoms with E-state index < -0.39 is 144 Å². The monoisotopic (exact) mass is 968 g/mol. The fraction of sp³-hybridized carbons (Fsp3) is 0.0909. The molecule has 0 amide bonds. The van der Waals surface area contributed by atoms with Crippen LogP contribution in [0.4, 0.5) is 87.8 Å². The van der Waals surface area contributed by atoms with Crippen molar-refractivity contribution in [2.24, 2.45) is 0 Å². The Kier molecular flexibility index (Phi) is 13.6. The number of nitrogens with zero attached hydrogens (tertiary/aromatic N) is 2. The summed E-state index contributed by atoms with van der Waals surface area (Å²) >= 11 is 0. The van der Waals surface area contributed by atoms with Crippen molar-refractivity contribution in [1.82, 2.24) is 4.98 Å². The van der Waals surface area contributed by atoms with Crippen LogP contribution in [0, 0.1) is 137 Å². The summed E-state index contributed by atoms with van der Waals surface area (Å²) in [5.74, 6) is -71.4. The average Bonchev–Trinajstić information content (AvgIpc) is 3.29. The topological polar surface area (TPSA) is 16.8 Å². The van der Waals surface area contributed by atoms with E-state index in [4.69, 9.17) is 0 Å². The molecule has 0 N–H and O–H groups in total. The van der Waals surface area contributed by atoms with Crippen molar-refractivity contribution >= 4 is 28.0 Å². The van der Waals surface area contributed by atoms with Crippen molar-refractivity contribution in [1.29, 1.82) is 0 Å². The molecule has 0 atom stereocenters. The van der Waals surface area contributed by atoms with Crippen LogP contribution in [0.5, 0.6) is 0 Å². The molecule has 0 aliphatic rings. The van der Waals surface area contributed by atoms with E-state index in [9.17, 15) is 52.7 Å². The molecule has 1 aromatic heterocycles. The Morgan fingerprint density at radius 3 is 0.985 bits per heavy atom. The van der Waals surface area contributed by atoms with Gasteiger partial charge >= 0.3 is 0 Å². The Morgan fingerprint density at radius 2 is 0.687 bits per heavy atom. The number of aryl methyl sites for hydroxylation is 3. The second kappa shape index (κ2) is 18.4. The van der Waals surface area contributed by atoms with Crippen molar-refractivity contribution in [3.8, 4) is 11.3 Å². The van der Waals surface area contributed by atoms with Crippen LogP contribution in [0.15, 0.2) is 61.1 Å². The predicted octanol–water partition coefficient (Wildman–Crippen LogP) is 9.86. The quantitative estimate of drug-likeness (QED) is 0.0512. The molecule has 6 aromatic carbocycles. The molecule has 0 saturated carbocycles. The van der Waals surface area contributed by atoms with Crippen LogP contribution >= 0.6 is 0 Å². The number of halogens is 20. The van der Waals surface area contributed by atoms with Gasteiger partial charge in [-0.1, -0.05) is 48.0 Å².